The van der Waals surface area contributed by atoms with Crippen LogP contribution in [0.1, 0.15) is 19.0 Å². The van der Waals surface area contributed by atoms with Crippen LogP contribution in [0.25, 0.3) is 0 Å². The number of anilines is 1. The number of likely N-dealkylation sites (tertiary alicyclic amines) is 1. The van der Waals surface area contributed by atoms with Crippen LogP contribution < -0.4 is 5.32 Å². The van der Waals surface area contributed by atoms with Gasteiger partial charge in [0.15, 0.2) is 0 Å². The summed E-state index contributed by atoms with van der Waals surface area (Å²) in [6.45, 7) is 6.30. The molecular weight excluding hydrogens is 224 g/mol. The summed E-state index contributed by atoms with van der Waals surface area (Å²) in [7, 11) is 4.33. The molecule has 0 radical (unpaired) electrons. The highest BCUT2D eigenvalue weighted by Crippen LogP contribution is 2.16. The van der Waals surface area contributed by atoms with Crippen molar-refractivity contribution in [2.24, 2.45) is 0 Å². The highest BCUT2D eigenvalue weighted by atomic mass is 15.2. The topological polar surface area (TPSA) is 31.4 Å². The number of nitrogens with one attached hydrogen (secondary N) is 1. The van der Waals surface area contributed by atoms with Crippen molar-refractivity contribution in [2.45, 2.75) is 25.9 Å². The molecule has 1 fully saturated rings. The van der Waals surface area contributed by atoms with Gasteiger partial charge in [0.25, 0.3) is 0 Å². The van der Waals surface area contributed by atoms with E-state index in [1.165, 1.54) is 13.0 Å². The van der Waals surface area contributed by atoms with Crippen LogP contribution >= 0.6 is 0 Å². The first-order valence-corrected chi connectivity index (χ1v) is 6.77. The Kier molecular flexibility index (Phi) is 4.55. The normalized spacial score (nSPS) is 20.6. The van der Waals surface area contributed by atoms with E-state index in [2.05, 4.69) is 53.3 Å². The lowest BCUT2D eigenvalue weighted by molar-refractivity contribution is 0.263. The molecule has 0 spiro atoms. The van der Waals surface area contributed by atoms with E-state index in [9.17, 15) is 0 Å². The third kappa shape index (κ3) is 3.43. The maximum atomic E-state index is 4.63. The van der Waals surface area contributed by atoms with Crippen molar-refractivity contribution in [3.8, 4) is 0 Å². The van der Waals surface area contributed by atoms with Crippen molar-refractivity contribution in [1.29, 1.82) is 0 Å². The van der Waals surface area contributed by atoms with Gasteiger partial charge in [0.1, 0.15) is 5.82 Å². The lowest BCUT2D eigenvalue weighted by atomic mass is 10.2. The number of nitrogens with zero attached hydrogens (tertiary/aromatic N) is 3. The predicted octanol–water partition coefficient (Wildman–Crippen LogP) is 1.65. The predicted molar refractivity (Wildman–Crippen MR) is 75.8 cm³/mol. The van der Waals surface area contributed by atoms with Gasteiger partial charge in [-0.2, -0.15) is 0 Å². The molecular formula is C14H24N4. The first-order chi connectivity index (χ1) is 8.69. The van der Waals surface area contributed by atoms with Gasteiger partial charge >= 0.3 is 0 Å². The zero-order valence-corrected chi connectivity index (χ0v) is 11.7. The average Bonchev–Trinajstić information content (AvgIpc) is 2.78. The van der Waals surface area contributed by atoms with E-state index in [0.29, 0.717) is 6.04 Å². The molecule has 18 heavy (non-hydrogen) atoms. The molecule has 2 heterocycles. The van der Waals surface area contributed by atoms with Crippen LogP contribution in [-0.2, 0) is 6.54 Å². The van der Waals surface area contributed by atoms with Crippen LogP contribution in [0.2, 0.25) is 0 Å². The fourth-order valence-corrected chi connectivity index (χ4v) is 2.45. The van der Waals surface area contributed by atoms with E-state index in [-0.39, 0.29) is 0 Å². The fourth-order valence-electron chi connectivity index (χ4n) is 2.45. The zero-order valence-electron chi connectivity index (χ0n) is 11.7. The summed E-state index contributed by atoms with van der Waals surface area (Å²) in [5, 5.41) is 3.26. The standard InChI is InChI=1S/C14H24N4/c1-4-15-14-7-5-6-12(16-14)10-18-9-8-13(11-18)17(2)3/h5-7,13H,4,8-11H2,1-3H3,(H,15,16). The van der Waals surface area contributed by atoms with Crippen molar-refractivity contribution in [3.63, 3.8) is 0 Å². The molecule has 1 aliphatic heterocycles. The van der Waals surface area contributed by atoms with Gasteiger partial charge < -0.3 is 10.2 Å². The van der Waals surface area contributed by atoms with Crippen molar-refractivity contribution in [2.75, 3.05) is 39.0 Å². The van der Waals surface area contributed by atoms with Crippen molar-refractivity contribution < 1.29 is 0 Å². The number of pyridine rings is 1. The smallest absolute Gasteiger partial charge is 0.126 e. The van der Waals surface area contributed by atoms with Gasteiger partial charge in [-0.1, -0.05) is 6.07 Å². The third-order valence-electron chi connectivity index (χ3n) is 3.53. The molecule has 1 aromatic rings. The van der Waals surface area contributed by atoms with E-state index >= 15 is 0 Å². The molecule has 0 aliphatic carbocycles. The summed E-state index contributed by atoms with van der Waals surface area (Å²) in [5.74, 6) is 0.985. The monoisotopic (exact) mass is 248 g/mol. The molecule has 0 saturated carbocycles. The maximum Gasteiger partial charge on any atom is 0.126 e. The van der Waals surface area contributed by atoms with E-state index < -0.39 is 0 Å². The largest absolute Gasteiger partial charge is 0.370 e. The Hall–Kier alpha value is -1.13. The minimum absolute atomic E-state index is 0.696. The van der Waals surface area contributed by atoms with Crippen molar-refractivity contribution in [3.05, 3.63) is 23.9 Å². The number of likely N-dealkylation sites (N-methyl/N-ethyl adjacent to an activating group) is 1. The van der Waals surface area contributed by atoms with Gasteiger partial charge in [0.05, 0.1) is 5.69 Å². The van der Waals surface area contributed by atoms with Gasteiger partial charge in [-0.3, -0.25) is 4.90 Å². The van der Waals surface area contributed by atoms with Crippen molar-refractivity contribution >= 4 is 5.82 Å². The summed E-state index contributed by atoms with van der Waals surface area (Å²) in [6.07, 6.45) is 1.26. The van der Waals surface area contributed by atoms with Crippen LogP contribution in [0.5, 0.6) is 0 Å². The van der Waals surface area contributed by atoms with E-state index in [1.54, 1.807) is 0 Å². The zero-order chi connectivity index (χ0) is 13.0. The van der Waals surface area contributed by atoms with Gasteiger partial charge in [-0.15, -0.1) is 0 Å². The molecule has 2 rings (SSSR count). The van der Waals surface area contributed by atoms with Crippen LogP contribution in [0, 0.1) is 0 Å². The van der Waals surface area contributed by atoms with Crippen molar-refractivity contribution in [1.82, 2.24) is 14.8 Å². The molecule has 0 amide bonds. The number of aromatic nitrogens is 1. The fraction of sp³-hybridized carbons (Fsp3) is 0.643. The lowest BCUT2D eigenvalue weighted by Crippen LogP contribution is -2.31. The molecule has 4 heteroatoms. The van der Waals surface area contributed by atoms with E-state index in [4.69, 9.17) is 0 Å². The second-order valence-corrected chi connectivity index (χ2v) is 5.19. The summed E-state index contributed by atoms with van der Waals surface area (Å²) in [5.41, 5.74) is 1.16. The minimum atomic E-state index is 0.696. The molecule has 0 aromatic carbocycles. The lowest BCUT2D eigenvalue weighted by Gasteiger charge is -2.20. The van der Waals surface area contributed by atoms with Crippen LogP contribution in [0.3, 0.4) is 0 Å². The van der Waals surface area contributed by atoms with Crippen LogP contribution in [-0.4, -0.2) is 54.6 Å². The summed E-state index contributed by atoms with van der Waals surface area (Å²) in [6, 6.07) is 6.92. The summed E-state index contributed by atoms with van der Waals surface area (Å²) in [4.78, 5) is 9.44. The number of hydrogen-bond donors (Lipinski definition) is 1. The third-order valence-corrected chi connectivity index (χ3v) is 3.53. The van der Waals surface area contributed by atoms with Gasteiger partial charge in [-0.05, 0) is 39.6 Å². The molecule has 100 valence electrons. The minimum Gasteiger partial charge on any atom is -0.370 e. The SMILES string of the molecule is CCNc1cccc(CN2CCC(N(C)C)C2)n1. The Labute approximate surface area is 110 Å². The van der Waals surface area contributed by atoms with Gasteiger partial charge in [-0.25, -0.2) is 4.98 Å². The molecule has 4 nitrogen and oxygen atoms in total. The second-order valence-electron chi connectivity index (χ2n) is 5.19. The Morgan fingerprint density at radius 3 is 2.94 bits per heavy atom. The Balaban J connectivity index is 1.92. The molecule has 0 bridgehead atoms. The first kappa shape index (κ1) is 13.3. The quantitative estimate of drug-likeness (QED) is 0.858. The molecule has 1 saturated heterocycles. The highest BCUT2D eigenvalue weighted by Gasteiger charge is 2.23. The number of hydrogen-bond acceptors (Lipinski definition) is 4. The van der Waals surface area contributed by atoms with Crippen LogP contribution in [0.4, 0.5) is 5.82 Å². The number of rotatable bonds is 5. The Morgan fingerprint density at radius 2 is 2.28 bits per heavy atom. The Bertz CT molecular complexity index is 378. The first-order valence-electron chi connectivity index (χ1n) is 6.77. The molecule has 1 N–H and O–H groups in total. The van der Waals surface area contributed by atoms with Crippen LogP contribution in [0.15, 0.2) is 18.2 Å². The summed E-state index contributed by atoms with van der Waals surface area (Å²) >= 11 is 0. The second kappa shape index (κ2) is 6.16. The molecule has 1 unspecified atom stereocenters. The Morgan fingerprint density at radius 1 is 1.44 bits per heavy atom. The van der Waals surface area contributed by atoms with Gasteiger partial charge in [0, 0.05) is 32.2 Å². The average molecular weight is 248 g/mol. The van der Waals surface area contributed by atoms with E-state index in [1.807, 2.05) is 6.07 Å². The molecule has 1 aromatic heterocycles. The molecule has 1 atom stereocenters. The van der Waals surface area contributed by atoms with E-state index in [0.717, 1.165) is 31.1 Å². The summed E-state index contributed by atoms with van der Waals surface area (Å²) < 4.78 is 0. The molecule has 1 aliphatic rings. The van der Waals surface area contributed by atoms with Gasteiger partial charge in [0.2, 0.25) is 0 Å². The highest BCUT2D eigenvalue weighted by molar-refractivity contribution is 5.34. The maximum absolute atomic E-state index is 4.63.